The number of fused-ring (bicyclic) bond motifs is 1. The Bertz CT molecular complexity index is 1330. The van der Waals surface area contributed by atoms with Gasteiger partial charge in [0, 0.05) is 40.1 Å². The average molecular weight is 417 g/mol. The Balaban J connectivity index is 1.59. The summed E-state index contributed by atoms with van der Waals surface area (Å²) in [7, 11) is -3.83. The number of aromatic nitrogens is 1. The van der Waals surface area contributed by atoms with Gasteiger partial charge in [0.25, 0.3) is 15.9 Å². The highest BCUT2D eigenvalue weighted by atomic mass is 32.2. The molecular formula is C23H19N3O3S. The van der Waals surface area contributed by atoms with Crippen LogP contribution in [0.4, 0.5) is 11.4 Å². The number of rotatable bonds is 5. The van der Waals surface area contributed by atoms with Gasteiger partial charge in [-0.3, -0.25) is 14.5 Å². The van der Waals surface area contributed by atoms with Crippen LogP contribution in [0.5, 0.6) is 0 Å². The van der Waals surface area contributed by atoms with Gasteiger partial charge in [0.2, 0.25) is 0 Å². The fraction of sp³-hybridized carbons (Fsp3) is 0.0435. The largest absolute Gasteiger partial charge is 0.321 e. The molecule has 0 aliphatic heterocycles. The van der Waals surface area contributed by atoms with E-state index in [0.29, 0.717) is 11.4 Å². The Morgan fingerprint density at radius 3 is 2.50 bits per heavy atom. The number of amides is 1. The van der Waals surface area contributed by atoms with E-state index in [9.17, 15) is 13.2 Å². The van der Waals surface area contributed by atoms with Crippen molar-refractivity contribution in [1.82, 2.24) is 4.98 Å². The van der Waals surface area contributed by atoms with E-state index in [0.717, 1.165) is 16.3 Å². The molecule has 2 N–H and O–H groups in total. The molecule has 3 aromatic carbocycles. The molecule has 0 saturated carbocycles. The minimum atomic E-state index is -3.83. The number of hydrogen-bond acceptors (Lipinski definition) is 4. The number of nitrogens with one attached hydrogen (secondary N) is 2. The molecule has 0 aliphatic carbocycles. The molecule has 0 radical (unpaired) electrons. The van der Waals surface area contributed by atoms with Crippen LogP contribution in [0.2, 0.25) is 0 Å². The van der Waals surface area contributed by atoms with Crippen LogP contribution in [-0.2, 0) is 10.0 Å². The third-order valence-corrected chi connectivity index (χ3v) is 6.02. The summed E-state index contributed by atoms with van der Waals surface area (Å²) in [5.41, 5.74) is 2.36. The standard InChI is InChI=1S/C23H19N3O3S/c1-16-8-10-19(11-9-16)26-30(28,29)20-6-2-4-17(14-20)23(27)25-22-7-3-5-18-15-24-13-12-21(18)22/h2-15,26H,1H3,(H,25,27). The van der Waals surface area contributed by atoms with Crippen molar-refractivity contribution in [1.29, 1.82) is 0 Å². The summed E-state index contributed by atoms with van der Waals surface area (Å²) >= 11 is 0. The number of carbonyl (C=O) groups is 1. The van der Waals surface area contributed by atoms with E-state index in [-0.39, 0.29) is 10.5 Å². The second kappa shape index (κ2) is 7.96. The third kappa shape index (κ3) is 4.16. The Labute approximate surface area is 174 Å². The van der Waals surface area contributed by atoms with Gasteiger partial charge in [-0.25, -0.2) is 8.42 Å². The van der Waals surface area contributed by atoms with Crippen LogP contribution in [0.15, 0.2) is 90.1 Å². The maximum atomic E-state index is 12.8. The van der Waals surface area contributed by atoms with Crippen LogP contribution < -0.4 is 10.0 Å². The van der Waals surface area contributed by atoms with Gasteiger partial charge in [0.05, 0.1) is 4.90 Å². The highest BCUT2D eigenvalue weighted by molar-refractivity contribution is 7.92. The number of pyridine rings is 1. The lowest BCUT2D eigenvalue weighted by Crippen LogP contribution is -2.16. The second-order valence-corrected chi connectivity index (χ2v) is 8.54. The van der Waals surface area contributed by atoms with Crippen molar-refractivity contribution in [2.24, 2.45) is 0 Å². The van der Waals surface area contributed by atoms with Gasteiger partial charge < -0.3 is 5.32 Å². The summed E-state index contributed by atoms with van der Waals surface area (Å²) in [6.07, 6.45) is 3.37. The molecular weight excluding hydrogens is 398 g/mol. The summed E-state index contributed by atoms with van der Waals surface area (Å²) in [4.78, 5) is 16.9. The van der Waals surface area contributed by atoms with Crippen LogP contribution in [0.3, 0.4) is 0 Å². The van der Waals surface area contributed by atoms with E-state index in [1.165, 1.54) is 12.1 Å². The molecule has 0 aliphatic rings. The first-order chi connectivity index (χ1) is 14.4. The molecule has 30 heavy (non-hydrogen) atoms. The van der Waals surface area contributed by atoms with E-state index in [1.54, 1.807) is 42.7 Å². The van der Waals surface area contributed by atoms with E-state index >= 15 is 0 Å². The van der Waals surface area contributed by atoms with Crippen molar-refractivity contribution in [3.8, 4) is 0 Å². The zero-order valence-corrected chi connectivity index (χ0v) is 17.0. The number of anilines is 2. The number of carbonyl (C=O) groups excluding carboxylic acids is 1. The lowest BCUT2D eigenvalue weighted by Gasteiger charge is -2.11. The minimum Gasteiger partial charge on any atom is -0.321 e. The second-order valence-electron chi connectivity index (χ2n) is 6.86. The van der Waals surface area contributed by atoms with E-state index in [4.69, 9.17) is 0 Å². The van der Waals surface area contributed by atoms with Gasteiger partial charge in [0.15, 0.2) is 0 Å². The van der Waals surface area contributed by atoms with Crippen molar-refractivity contribution >= 4 is 38.1 Å². The summed E-state index contributed by atoms with van der Waals surface area (Å²) in [5.74, 6) is -0.397. The molecule has 1 amide bonds. The maximum Gasteiger partial charge on any atom is 0.261 e. The number of benzene rings is 3. The fourth-order valence-corrected chi connectivity index (χ4v) is 4.17. The molecule has 4 rings (SSSR count). The van der Waals surface area contributed by atoms with E-state index < -0.39 is 15.9 Å². The SMILES string of the molecule is Cc1ccc(NS(=O)(=O)c2cccc(C(=O)Nc3cccc4cnccc34)c2)cc1. The first kappa shape index (κ1) is 19.6. The molecule has 0 bridgehead atoms. The predicted molar refractivity (Wildman–Crippen MR) is 118 cm³/mol. The normalized spacial score (nSPS) is 11.2. The highest BCUT2D eigenvalue weighted by Gasteiger charge is 2.17. The first-order valence-electron chi connectivity index (χ1n) is 9.26. The predicted octanol–water partition coefficient (Wildman–Crippen LogP) is 4.60. The topological polar surface area (TPSA) is 88.2 Å². The van der Waals surface area contributed by atoms with Crippen LogP contribution >= 0.6 is 0 Å². The molecule has 6 nitrogen and oxygen atoms in total. The number of sulfonamides is 1. The van der Waals surface area contributed by atoms with Gasteiger partial charge in [-0.1, -0.05) is 35.9 Å². The lowest BCUT2D eigenvalue weighted by atomic mass is 10.1. The Morgan fingerprint density at radius 2 is 1.70 bits per heavy atom. The summed E-state index contributed by atoms with van der Waals surface area (Å²) in [6, 6.07) is 20.3. The monoisotopic (exact) mass is 417 g/mol. The number of aryl methyl sites for hydroxylation is 1. The maximum absolute atomic E-state index is 12.8. The van der Waals surface area contributed by atoms with Gasteiger partial charge >= 0.3 is 0 Å². The van der Waals surface area contributed by atoms with Gasteiger partial charge in [-0.05, 0) is 49.4 Å². The van der Waals surface area contributed by atoms with Crippen molar-refractivity contribution < 1.29 is 13.2 Å². The lowest BCUT2D eigenvalue weighted by molar-refractivity contribution is 0.102. The van der Waals surface area contributed by atoms with Crippen LogP contribution in [0.25, 0.3) is 10.8 Å². The molecule has 0 atom stereocenters. The molecule has 150 valence electrons. The van der Waals surface area contributed by atoms with Gasteiger partial charge in [-0.2, -0.15) is 0 Å². The molecule has 0 saturated heterocycles. The van der Waals surface area contributed by atoms with E-state index in [2.05, 4.69) is 15.0 Å². The van der Waals surface area contributed by atoms with E-state index in [1.807, 2.05) is 37.3 Å². The molecule has 4 aromatic rings. The third-order valence-electron chi connectivity index (χ3n) is 4.64. The zero-order valence-electron chi connectivity index (χ0n) is 16.2. The zero-order chi connectivity index (χ0) is 21.1. The highest BCUT2D eigenvalue weighted by Crippen LogP contribution is 2.23. The average Bonchev–Trinajstić information content (AvgIpc) is 2.75. The molecule has 0 spiro atoms. The quantitative estimate of drug-likeness (QED) is 0.497. The van der Waals surface area contributed by atoms with Crippen molar-refractivity contribution in [3.63, 3.8) is 0 Å². The van der Waals surface area contributed by atoms with Gasteiger partial charge in [-0.15, -0.1) is 0 Å². The number of hydrogen-bond donors (Lipinski definition) is 2. The fourth-order valence-electron chi connectivity index (χ4n) is 3.07. The first-order valence-corrected chi connectivity index (χ1v) is 10.7. The Kier molecular flexibility index (Phi) is 5.20. The summed E-state index contributed by atoms with van der Waals surface area (Å²) in [6.45, 7) is 1.92. The van der Waals surface area contributed by atoms with Gasteiger partial charge in [0.1, 0.15) is 0 Å². The number of nitrogens with zero attached hydrogens (tertiary/aromatic N) is 1. The minimum absolute atomic E-state index is 0.0119. The molecule has 1 aromatic heterocycles. The van der Waals surface area contributed by atoms with Crippen molar-refractivity contribution in [2.45, 2.75) is 11.8 Å². The molecule has 0 fully saturated rings. The summed E-state index contributed by atoms with van der Waals surface area (Å²) in [5, 5.41) is 4.60. The van der Waals surface area contributed by atoms with Crippen LogP contribution in [-0.4, -0.2) is 19.3 Å². The van der Waals surface area contributed by atoms with Crippen molar-refractivity contribution in [2.75, 3.05) is 10.0 Å². The van der Waals surface area contributed by atoms with Crippen LogP contribution in [0.1, 0.15) is 15.9 Å². The summed E-state index contributed by atoms with van der Waals surface area (Å²) < 4.78 is 28.0. The molecule has 7 heteroatoms. The molecule has 0 unspecified atom stereocenters. The smallest absolute Gasteiger partial charge is 0.261 e. The molecule has 1 heterocycles. The Morgan fingerprint density at radius 1 is 0.933 bits per heavy atom. The van der Waals surface area contributed by atoms with Crippen LogP contribution in [0, 0.1) is 6.92 Å². The van der Waals surface area contributed by atoms with Crippen molar-refractivity contribution in [3.05, 3.63) is 96.3 Å². The Hall–Kier alpha value is -3.71.